The molecule has 2 aromatic rings. The van der Waals surface area contributed by atoms with E-state index in [-0.39, 0.29) is 19.1 Å². The molecule has 5 nitrogen and oxygen atoms in total. The summed E-state index contributed by atoms with van der Waals surface area (Å²) in [5.74, 6) is 6.86. The summed E-state index contributed by atoms with van der Waals surface area (Å²) in [6.07, 6.45) is 2.88. The average molecular weight is 304 g/mol. The van der Waals surface area contributed by atoms with Gasteiger partial charge in [0.25, 0.3) is 5.91 Å². The van der Waals surface area contributed by atoms with E-state index in [0.717, 1.165) is 17.1 Å². The first kappa shape index (κ1) is 15.3. The Bertz CT molecular complexity index is 664. The molecule has 110 valence electrons. The molecule has 2 heterocycles. The molecule has 0 aliphatic heterocycles. The van der Waals surface area contributed by atoms with Crippen molar-refractivity contribution < 1.29 is 14.3 Å². The van der Waals surface area contributed by atoms with Gasteiger partial charge in [-0.3, -0.25) is 4.79 Å². The Morgan fingerprint density at radius 2 is 2.38 bits per heavy atom. The normalized spacial score (nSPS) is 10.0. The van der Waals surface area contributed by atoms with E-state index >= 15 is 0 Å². The highest BCUT2D eigenvalue weighted by atomic mass is 32.1. The molecule has 0 saturated heterocycles. The lowest BCUT2D eigenvalue weighted by atomic mass is 10.4. The van der Waals surface area contributed by atoms with E-state index in [4.69, 9.17) is 9.52 Å². The van der Waals surface area contributed by atoms with Crippen LogP contribution < -0.4 is 5.32 Å². The second-order valence-corrected chi connectivity index (χ2v) is 5.28. The molecule has 0 aromatic carbocycles. The first-order chi connectivity index (χ1) is 10.2. The van der Waals surface area contributed by atoms with Gasteiger partial charge in [0.2, 0.25) is 5.89 Å². The summed E-state index contributed by atoms with van der Waals surface area (Å²) < 4.78 is 5.42. The number of carbonyl (C=O) groups is 1. The van der Waals surface area contributed by atoms with Crippen LogP contribution in [0, 0.1) is 11.8 Å². The van der Waals surface area contributed by atoms with Gasteiger partial charge in [0.15, 0.2) is 0 Å². The number of hydrogen-bond donors (Lipinski definition) is 2. The van der Waals surface area contributed by atoms with E-state index < -0.39 is 0 Å². The van der Waals surface area contributed by atoms with Crippen molar-refractivity contribution in [3.05, 3.63) is 39.7 Å². The smallest absolute Gasteiger partial charge is 0.261 e. The van der Waals surface area contributed by atoms with Gasteiger partial charge in [-0.25, -0.2) is 4.98 Å². The van der Waals surface area contributed by atoms with Crippen LogP contribution in [-0.4, -0.2) is 22.6 Å². The molecular weight excluding hydrogens is 288 g/mol. The third-order valence-corrected chi connectivity index (χ3v) is 3.63. The molecular formula is C15H16N2O3S. The predicted octanol–water partition coefficient (Wildman–Crippen LogP) is 1.96. The molecule has 0 aliphatic carbocycles. The molecule has 0 fully saturated rings. The fourth-order valence-electron chi connectivity index (χ4n) is 1.57. The molecule has 2 rings (SSSR count). The van der Waals surface area contributed by atoms with Crippen LogP contribution in [0.2, 0.25) is 0 Å². The monoisotopic (exact) mass is 304 g/mol. The topological polar surface area (TPSA) is 75.4 Å². The summed E-state index contributed by atoms with van der Waals surface area (Å²) >= 11 is 1.32. The van der Waals surface area contributed by atoms with Crippen molar-refractivity contribution in [3.63, 3.8) is 0 Å². The van der Waals surface area contributed by atoms with Crippen LogP contribution in [0.4, 0.5) is 0 Å². The Morgan fingerprint density at radius 3 is 3.10 bits per heavy atom. The number of hydrogen-bond acceptors (Lipinski definition) is 5. The molecule has 6 heteroatoms. The van der Waals surface area contributed by atoms with E-state index in [0.29, 0.717) is 17.2 Å². The molecule has 1 amide bonds. The second-order valence-electron chi connectivity index (χ2n) is 4.20. The number of nitrogens with one attached hydrogen (secondary N) is 1. The highest BCUT2D eigenvalue weighted by Gasteiger charge is 2.10. The van der Waals surface area contributed by atoms with E-state index in [1.54, 1.807) is 18.3 Å². The molecule has 21 heavy (non-hydrogen) atoms. The summed E-state index contributed by atoms with van der Waals surface area (Å²) in [7, 11) is 0. The van der Waals surface area contributed by atoms with Gasteiger partial charge < -0.3 is 14.8 Å². The summed E-state index contributed by atoms with van der Waals surface area (Å²) in [5, 5.41) is 11.4. The van der Waals surface area contributed by atoms with Crippen molar-refractivity contribution in [1.29, 1.82) is 0 Å². The number of amides is 1. The maximum absolute atomic E-state index is 12.0. The summed E-state index contributed by atoms with van der Waals surface area (Å²) in [6, 6.07) is 3.53. The van der Waals surface area contributed by atoms with E-state index in [1.807, 2.05) is 6.92 Å². The van der Waals surface area contributed by atoms with Crippen LogP contribution in [0.1, 0.15) is 39.5 Å². The number of aliphatic hydroxyl groups excluding tert-OH is 1. The zero-order valence-electron chi connectivity index (χ0n) is 11.7. The summed E-state index contributed by atoms with van der Waals surface area (Å²) in [6.45, 7) is 2.29. The van der Waals surface area contributed by atoms with Crippen LogP contribution in [0.3, 0.4) is 0 Å². The Kier molecular flexibility index (Phi) is 5.55. The fraction of sp³-hybridized carbons (Fsp3) is 0.333. The fourth-order valence-corrected chi connectivity index (χ4v) is 2.37. The molecule has 2 aromatic heterocycles. The minimum atomic E-state index is -0.175. The number of oxazole rings is 1. The summed E-state index contributed by atoms with van der Waals surface area (Å²) in [5.41, 5.74) is 0. The van der Waals surface area contributed by atoms with Gasteiger partial charge >= 0.3 is 0 Å². The third-order valence-electron chi connectivity index (χ3n) is 2.63. The number of aliphatic hydroxyl groups is 1. The van der Waals surface area contributed by atoms with Gasteiger partial charge in [0, 0.05) is 12.8 Å². The van der Waals surface area contributed by atoms with Crippen LogP contribution in [-0.2, 0) is 13.0 Å². The van der Waals surface area contributed by atoms with Gasteiger partial charge in [-0.05, 0) is 12.1 Å². The van der Waals surface area contributed by atoms with Gasteiger partial charge in [0.05, 0.1) is 29.1 Å². The minimum Gasteiger partial charge on any atom is -0.444 e. The predicted molar refractivity (Wildman–Crippen MR) is 80.0 cm³/mol. The largest absolute Gasteiger partial charge is 0.444 e. The molecule has 0 saturated carbocycles. The van der Waals surface area contributed by atoms with Crippen molar-refractivity contribution in [2.24, 2.45) is 0 Å². The van der Waals surface area contributed by atoms with Crippen molar-refractivity contribution in [2.45, 2.75) is 26.3 Å². The van der Waals surface area contributed by atoms with E-state index in [9.17, 15) is 4.79 Å². The molecule has 2 N–H and O–H groups in total. The maximum Gasteiger partial charge on any atom is 0.261 e. The number of thiophene rings is 1. The second kappa shape index (κ2) is 7.62. The molecule has 0 radical (unpaired) electrons. The number of aryl methyl sites for hydroxylation is 1. The van der Waals surface area contributed by atoms with E-state index in [1.165, 1.54) is 11.3 Å². The lowest BCUT2D eigenvalue weighted by Crippen LogP contribution is -2.21. The SMILES string of the molecule is CCc1cnc(CNC(=O)c2ccc(C#CCCO)s2)o1. The maximum atomic E-state index is 12.0. The van der Waals surface area contributed by atoms with E-state index in [2.05, 4.69) is 22.1 Å². The first-order valence-electron chi connectivity index (χ1n) is 6.64. The van der Waals surface area contributed by atoms with Gasteiger partial charge in [-0.1, -0.05) is 18.8 Å². The highest BCUT2D eigenvalue weighted by Crippen LogP contribution is 2.15. The highest BCUT2D eigenvalue weighted by molar-refractivity contribution is 7.14. The van der Waals surface area contributed by atoms with Gasteiger partial charge in [-0.2, -0.15) is 0 Å². The molecule has 0 spiro atoms. The Hall–Kier alpha value is -2.10. The van der Waals surface area contributed by atoms with Crippen molar-refractivity contribution in [3.8, 4) is 11.8 Å². The van der Waals surface area contributed by atoms with Crippen molar-refractivity contribution in [1.82, 2.24) is 10.3 Å². The van der Waals surface area contributed by atoms with Crippen LogP contribution >= 0.6 is 11.3 Å². The van der Waals surface area contributed by atoms with Crippen molar-refractivity contribution in [2.75, 3.05) is 6.61 Å². The molecule has 0 bridgehead atoms. The molecule has 0 atom stereocenters. The standard InChI is InChI=1S/C15H16N2O3S/c1-2-11-9-16-14(20-11)10-17-15(19)13-7-6-12(21-13)5-3-4-8-18/h6-7,9,18H,2,4,8,10H2,1H3,(H,17,19). The third kappa shape index (κ3) is 4.45. The first-order valence-corrected chi connectivity index (χ1v) is 7.46. The van der Waals surface area contributed by atoms with Gasteiger partial charge in [0.1, 0.15) is 5.76 Å². The zero-order valence-corrected chi connectivity index (χ0v) is 12.5. The number of carbonyl (C=O) groups excluding carboxylic acids is 1. The Labute approximate surface area is 127 Å². The summed E-state index contributed by atoms with van der Waals surface area (Å²) in [4.78, 5) is 17.5. The van der Waals surface area contributed by atoms with Crippen LogP contribution in [0.25, 0.3) is 0 Å². The quantitative estimate of drug-likeness (QED) is 0.828. The Morgan fingerprint density at radius 1 is 1.52 bits per heavy atom. The minimum absolute atomic E-state index is 0.0433. The van der Waals surface area contributed by atoms with Crippen LogP contribution in [0.5, 0.6) is 0 Å². The van der Waals surface area contributed by atoms with Crippen LogP contribution in [0.15, 0.2) is 22.7 Å². The van der Waals surface area contributed by atoms with Crippen molar-refractivity contribution >= 4 is 17.2 Å². The Balaban J connectivity index is 1.90. The number of aromatic nitrogens is 1. The molecule has 0 aliphatic rings. The lowest BCUT2D eigenvalue weighted by molar-refractivity contribution is 0.0951. The molecule has 0 unspecified atom stereocenters. The lowest BCUT2D eigenvalue weighted by Gasteiger charge is -1.99. The number of rotatable bonds is 5. The number of nitrogens with zero attached hydrogens (tertiary/aromatic N) is 1. The van der Waals surface area contributed by atoms with Gasteiger partial charge in [-0.15, -0.1) is 11.3 Å². The average Bonchev–Trinajstić information content (AvgIpc) is 3.14. The zero-order chi connectivity index (χ0) is 15.1.